The first kappa shape index (κ1) is 40.7. The fourth-order valence-corrected chi connectivity index (χ4v) is 8.49. The van der Waals surface area contributed by atoms with Gasteiger partial charge in [-0.25, -0.2) is 0 Å². The second kappa shape index (κ2) is 16.1. The molecule has 0 fully saturated rings. The maximum atomic E-state index is 2.49. The van der Waals surface area contributed by atoms with Crippen LogP contribution in [-0.2, 0) is 10.8 Å². The molecule has 0 amide bonds. The van der Waals surface area contributed by atoms with Crippen molar-refractivity contribution < 1.29 is 0 Å². The first-order chi connectivity index (χ1) is 28.7. The number of fused-ring (bicyclic) bond motifs is 2. The predicted molar refractivity (Wildman–Crippen MR) is 262 cm³/mol. The van der Waals surface area contributed by atoms with Crippen molar-refractivity contribution in [2.75, 3.05) is 9.80 Å². The summed E-state index contributed by atoms with van der Waals surface area (Å²) in [5, 5.41) is 4.97. The van der Waals surface area contributed by atoms with Gasteiger partial charge in [0.15, 0.2) is 0 Å². The van der Waals surface area contributed by atoms with E-state index < -0.39 is 0 Å². The Labute approximate surface area is 359 Å². The third kappa shape index (κ3) is 7.96. The van der Waals surface area contributed by atoms with E-state index in [-0.39, 0.29) is 10.8 Å². The van der Waals surface area contributed by atoms with Gasteiger partial charge in [0.1, 0.15) is 0 Å². The molecule has 0 atom stereocenters. The molecule has 8 rings (SSSR count). The zero-order chi connectivity index (χ0) is 42.3. The summed E-state index contributed by atoms with van der Waals surface area (Å²) in [6, 6.07) is 63.6. The van der Waals surface area contributed by atoms with Crippen LogP contribution < -0.4 is 9.80 Å². The van der Waals surface area contributed by atoms with E-state index in [0.29, 0.717) is 11.8 Å². The summed E-state index contributed by atoms with van der Waals surface area (Å²) in [7, 11) is 0. The van der Waals surface area contributed by atoms with Crippen molar-refractivity contribution in [3.05, 3.63) is 192 Å². The van der Waals surface area contributed by atoms with Crippen molar-refractivity contribution >= 4 is 55.7 Å². The van der Waals surface area contributed by atoms with Crippen molar-refractivity contribution in [3.63, 3.8) is 0 Å². The van der Waals surface area contributed by atoms with Crippen LogP contribution in [0.1, 0.15) is 103 Å². The number of para-hydroxylation sites is 2. The van der Waals surface area contributed by atoms with Crippen LogP contribution in [0.25, 0.3) is 32.7 Å². The number of rotatable bonds is 9. The molecule has 302 valence electrons. The average Bonchev–Trinajstić information content (AvgIpc) is 3.24. The van der Waals surface area contributed by atoms with Gasteiger partial charge >= 0.3 is 0 Å². The van der Waals surface area contributed by atoms with E-state index >= 15 is 0 Å². The number of anilines is 6. The molecule has 0 saturated carbocycles. The summed E-state index contributed by atoms with van der Waals surface area (Å²) in [6.07, 6.45) is 0. The molecule has 60 heavy (non-hydrogen) atoms. The second-order valence-electron chi connectivity index (χ2n) is 19.1. The van der Waals surface area contributed by atoms with Gasteiger partial charge in [0, 0.05) is 39.2 Å². The lowest BCUT2D eigenvalue weighted by Gasteiger charge is -2.31. The zero-order valence-electron chi connectivity index (χ0n) is 37.2. The monoisotopic (exact) mass is 784 g/mol. The molecule has 2 nitrogen and oxygen atoms in total. The van der Waals surface area contributed by atoms with E-state index in [1.807, 2.05) is 0 Å². The minimum atomic E-state index is -0.0386. The first-order valence-corrected chi connectivity index (χ1v) is 21.7. The number of benzene rings is 8. The van der Waals surface area contributed by atoms with Crippen molar-refractivity contribution in [1.29, 1.82) is 0 Å². The fraction of sp³-hybridized carbons (Fsp3) is 0.241. The Kier molecular flexibility index (Phi) is 10.9. The molecule has 0 aliphatic rings. The minimum Gasteiger partial charge on any atom is -0.311 e. The van der Waals surface area contributed by atoms with Crippen LogP contribution in [0.5, 0.6) is 0 Å². The van der Waals surface area contributed by atoms with Gasteiger partial charge in [0.25, 0.3) is 0 Å². The van der Waals surface area contributed by atoms with Gasteiger partial charge in [-0.15, -0.1) is 0 Å². The van der Waals surface area contributed by atoms with Crippen LogP contribution in [0.4, 0.5) is 34.1 Å². The lowest BCUT2D eigenvalue weighted by molar-refractivity contribution is 0.590. The van der Waals surface area contributed by atoms with Crippen molar-refractivity contribution in [2.45, 2.75) is 91.9 Å². The fourth-order valence-electron chi connectivity index (χ4n) is 8.49. The van der Waals surface area contributed by atoms with Gasteiger partial charge in [0.05, 0.1) is 5.69 Å². The van der Waals surface area contributed by atoms with E-state index in [2.05, 4.69) is 249 Å². The van der Waals surface area contributed by atoms with Gasteiger partial charge in [-0.05, 0) is 140 Å². The molecule has 0 unspecified atom stereocenters. The molecular weight excluding hydrogens is 725 g/mol. The Morgan fingerprint density at radius 1 is 0.350 bits per heavy atom. The van der Waals surface area contributed by atoms with Crippen LogP contribution in [0.3, 0.4) is 0 Å². The third-order valence-corrected chi connectivity index (χ3v) is 12.1. The quantitative estimate of drug-likeness (QED) is 0.135. The van der Waals surface area contributed by atoms with Crippen LogP contribution in [0.2, 0.25) is 0 Å². The zero-order valence-corrected chi connectivity index (χ0v) is 37.2. The van der Waals surface area contributed by atoms with Gasteiger partial charge in [-0.1, -0.05) is 166 Å². The maximum Gasteiger partial charge on any atom is 0.0618 e. The van der Waals surface area contributed by atoms with Gasteiger partial charge in [-0.2, -0.15) is 0 Å². The van der Waals surface area contributed by atoms with Crippen LogP contribution in [0.15, 0.2) is 170 Å². The Morgan fingerprint density at radius 3 is 1.18 bits per heavy atom. The molecule has 2 heteroatoms. The molecule has 0 aromatic heterocycles. The largest absolute Gasteiger partial charge is 0.311 e. The Balaban J connectivity index is 1.42. The molecule has 8 aromatic carbocycles. The molecule has 8 aromatic rings. The highest BCUT2D eigenvalue weighted by Crippen LogP contribution is 2.50. The minimum absolute atomic E-state index is 0.0341. The molecule has 0 aliphatic heterocycles. The Morgan fingerprint density at radius 2 is 0.733 bits per heavy atom. The van der Waals surface area contributed by atoms with E-state index in [0.717, 1.165) is 28.4 Å². The highest BCUT2D eigenvalue weighted by Gasteiger charge is 2.26. The molecule has 0 saturated heterocycles. The van der Waals surface area contributed by atoms with Crippen LogP contribution >= 0.6 is 0 Å². The molecular formula is C58H60N2. The number of nitrogens with zero attached hydrogens (tertiary/aromatic N) is 2. The molecule has 0 bridgehead atoms. The summed E-state index contributed by atoms with van der Waals surface area (Å²) in [4.78, 5) is 4.86. The maximum absolute atomic E-state index is 2.49. The van der Waals surface area contributed by atoms with E-state index in [9.17, 15) is 0 Å². The van der Waals surface area contributed by atoms with Gasteiger partial charge in [-0.3, -0.25) is 0 Å². The summed E-state index contributed by atoms with van der Waals surface area (Å²) in [5.41, 5.74) is 14.6. The molecule has 0 radical (unpaired) electrons. The lowest BCUT2D eigenvalue weighted by Crippen LogP contribution is -2.14. The Hall–Kier alpha value is -6.12. The highest BCUT2D eigenvalue weighted by molar-refractivity contribution is 6.22. The summed E-state index contributed by atoms with van der Waals surface area (Å²) < 4.78 is 0. The molecule has 0 N–H and O–H groups in total. The number of hydrogen-bond donors (Lipinski definition) is 0. The van der Waals surface area contributed by atoms with Gasteiger partial charge < -0.3 is 9.80 Å². The van der Waals surface area contributed by atoms with Crippen molar-refractivity contribution in [3.8, 4) is 11.1 Å². The molecule has 0 aliphatic carbocycles. The normalized spacial score (nSPS) is 12.1. The van der Waals surface area contributed by atoms with Crippen LogP contribution in [-0.4, -0.2) is 0 Å². The predicted octanol–water partition coefficient (Wildman–Crippen LogP) is 17.4. The number of hydrogen-bond acceptors (Lipinski definition) is 2. The second-order valence-corrected chi connectivity index (χ2v) is 19.1. The van der Waals surface area contributed by atoms with E-state index in [1.165, 1.54) is 60.6 Å². The van der Waals surface area contributed by atoms with Crippen molar-refractivity contribution in [1.82, 2.24) is 0 Å². The summed E-state index contributed by atoms with van der Waals surface area (Å²) in [6.45, 7) is 22.9. The third-order valence-electron chi connectivity index (χ3n) is 12.1. The standard InChI is InChI=1S/C58H60N2/c1-39(2)41-21-29-48(30-22-41)59(46-17-13-11-14-18-46)49-33-25-43(26-34-49)55-51-35-27-45(58(8,9)10)38-54(51)56(52-36-28-44(37-53(52)55)57(5,6)7)60(47-19-15-12-16-20-47)50-31-23-42(24-32-50)40(3)4/h11-40H,1-10H3. The van der Waals surface area contributed by atoms with Crippen LogP contribution in [0, 0.1) is 0 Å². The molecule has 0 spiro atoms. The van der Waals surface area contributed by atoms with E-state index in [1.54, 1.807) is 0 Å². The topological polar surface area (TPSA) is 6.48 Å². The lowest BCUT2D eigenvalue weighted by atomic mass is 9.81. The smallest absolute Gasteiger partial charge is 0.0618 e. The molecule has 0 heterocycles. The van der Waals surface area contributed by atoms with Crippen molar-refractivity contribution in [2.24, 2.45) is 0 Å². The van der Waals surface area contributed by atoms with E-state index in [4.69, 9.17) is 0 Å². The summed E-state index contributed by atoms with van der Waals surface area (Å²) >= 11 is 0. The first-order valence-electron chi connectivity index (χ1n) is 21.7. The SMILES string of the molecule is CC(C)c1ccc(N(c2ccccc2)c2ccc(-c3c4cc(C(C)(C)C)ccc4c(N(c4ccccc4)c4ccc(C(C)C)cc4)c4cc(C(C)(C)C)ccc34)cc2)cc1. The average molecular weight is 785 g/mol. The highest BCUT2D eigenvalue weighted by atomic mass is 15.1. The Bertz CT molecular complexity index is 2730. The summed E-state index contributed by atoms with van der Waals surface area (Å²) in [5.74, 6) is 0.926. The van der Waals surface area contributed by atoms with Gasteiger partial charge in [0.2, 0.25) is 0 Å².